The summed E-state index contributed by atoms with van der Waals surface area (Å²) in [5.41, 5.74) is -0.926. The monoisotopic (exact) mass is 286 g/mol. The molecule has 0 radical (unpaired) electrons. The zero-order valence-corrected chi connectivity index (χ0v) is 11.4. The van der Waals surface area contributed by atoms with Crippen molar-refractivity contribution in [2.24, 2.45) is 5.41 Å². The van der Waals surface area contributed by atoms with Gasteiger partial charge in [-0.25, -0.2) is 13.1 Å². The van der Waals surface area contributed by atoms with E-state index in [0.717, 1.165) is 25.7 Å². The Morgan fingerprint density at radius 1 is 1.37 bits per heavy atom. The maximum atomic E-state index is 12.1. The quantitative estimate of drug-likeness (QED) is 0.720. The predicted octanol–water partition coefficient (Wildman–Crippen LogP) is 0.206. The lowest BCUT2D eigenvalue weighted by molar-refractivity contribution is 0.134. The Morgan fingerprint density at radius 2 is 2.05 bits per heavy atom. The molecule has 1 saturated carbocycles. The molecule has 7 heteroatoms. The van der Waals surface area contributed by atoms with Gasteiger partial charge in [-0.05, 0) is 12.8 Å². The van der Waals surface area contributed by atoms with Crippen molar-refractivity contribution in [3.05, 3.63) is 28.7 Å². The summed E-state index contributed by atoms with van der Waals surface area (Å²) in [4.78, 5) is 13.8. The van der Waals surface area contributed by atoms with Crippen LogP contribution >= 0.6 is 0 Å². The predicted molar refractivity (Wildman–Crippen MR) is 70.2 cm³/mol. The Kier molecular flexibility index (Phi) is 4.07. The average molecular weight is 286 g/mol. The third-order valence-corrected chi connectivity index (χ3v) is 5.14. The number of H-pyrrole nitrogens is 1. The molecule has 1 aromatic heterocycles. The van der Waals surface area contributed by atoms with E-state index in [1.54, 1.807) is 0 Å². The molecule has 106 valence electrons. The van der Waals surface area contributed by atoms with Crippen LogP contribution in [0.2, 0.25) is 0 Å². The van der Waals surface area contributed by atoms with Gasteiger partial charge < -0.3 is 10.1 Å². The van der Waals surface area contributed by atoms with Crippen LogP contribution in [0.5, 0.6) is 0 Å². The van der Waals surface area contributed by atoms with Gasteiger partial charge in [0.1, 0.15) is 4.90 Å². The number of hydrogen-bond acceptors (Lipinski definition) is 4. The molecule has 1 aliphatic carbocycles. The number of aromatic amines is 1. The Bertz CT molecular complexity index is 588. The van der Waals surface area contributed by atoms with E-state index < -0.39 is 15.5 Å². The fourth-order valence-electron chi connectivity index (χ4n) is 2.45. The molecule has 0 unspecified atom stereocenters. The van der Waals surface area contributed by atoms with Crippen LogP contribution < -0.4 is 10.2 Å². The van der Waals surface area contributed by atoms with Crippen molar-refractivity contribution < 1.29 is 13.5 Å². The van der Waals surface area contributed by atoms with Crippen molar-refractivity contribution in [3.63, 3.8) is 0 Å². The lowest BCUT2D eigenvalue weighted by Crippen LogP contribution is -2.39. The van der Waals surface area contributed by atoms with Gasteiger partial charge in [-0.2, -0.15) is 0 Å². The fraction of sp³-hybridized carbons (Fsp3) is 0.583. The van der Waals surface area contributed by atoms with E-state index in [1.165, 1.54) is 18.5 Å². The zero-order chi connectivity index (χ0) is 13.9. The second-order valence-corrected chi connectivity index (χ2v) is 6.80. The molecule has 0 spiro atoms. The maximum Gasteiger partial charge on any atom is 0.245 e. The molecule has 19 heavy (non-hydrogen) atoms. The van der Waals surface area contributed by atoms with E-state index in [0.29, 0.717) is 0 Å². The first-order valence-corrected chi connectivity index (χ1v) is 7.75. The molecule has 0 bridgehead atoms. The van der Waals surface area contributed by atoms with Crippen molar-refractivity contribution in [2.45, 2.75) is 30.6 Å². The van der Waals surface area contributed by atoms with Crippen molar-refractivity contribution >= 4 is 10.0 Å². The molecular formula is C12H18N2O4S. The van der Waals surface area contributed by atoms with Crippen LogP contribution in [0.25, 0.3) is 0 Å². The van der Waals surface area contributed by atoms with E-state index in [-0.39, 0.29) is 23.5 Å². The van der Waals surface area contributed by atoms with Gasteiger partial charge >= 0.3 is 0 Å². The molecular weight excluding hydrogens is 268 g/mol. The smallest absolute Gasteiger partial charge is 0.245 e. The van der Waals surface area contributed by atoms with E-state index >= 15 is 0 Å². The summed E-state index contributed by atoms with van der Waals surface area (Å²) in [6, 6.07) is 1.17. The minimum absolute atomic E-state index is 0.0410. The number of pyridine rings is 1. The summed E-state index contributed by atoms with van der Waals surface area (Å²) < 4.78 is 26.6. The van der Waals surface area contributed by atoms with Gasteiger partial charge in [-0.15, -0.1) is 0 Å². The Labute approximate surface area is 111 Å². The highest BCUT2D eigenvalue weighted by molar-refractivity contribution is 7.89. The molecule has 0 saturated heterocycles. The van der Waals surface area contributed by atoms with Gasteiger partial charge in [0.2, 0.25) is 15.5 Å². The topological polar surface area (TPSA) is 99.3 Å². The number of nitrogens with one attached hydrogen (secondary N) is 2. The largest absolute Gasteiger partial charge is 0.396 e. The molecule has 6 nitrogen and oxygen atoms in total. The summed E-state index contributed by atoms with van der Waals surface area (Å²) >= 11 is 0. The second-order valence-electron chi connectivity index (χ2n) is 5.06. The SMILES string of the molecule is O=c1cc[nH]cc1S(=O)(=O)NCC1(CO)CCCC1. The van der Waals surface area contributed by atoms with Gasteiger partial charge in [-0.1, -0.05) is 12.8 Å². The summed E-state index contributed by atoms with van der Waals surface area (Å²) in [6.45, 7) is 0.126. The first-order chi connectivity index (χ1) is 8.99. The van der Waals surface area contributed by atoms with Crippen LogP contribution in [-0.4, -0.2) is 31.7 Å². The highest BCUT2D eigenvalue weighted by Crippen LogP contribution is 2.37. The molecule has 2 rings (SSSR count). The van der Waals surface area contributed by atoms with Crippen LogP contribution in [0.15, 0.2) is 28.2 Å². The van der Waals surface area contributed by atoms with Crippen LogP contribution in [-0.2, 0) is 10.0 Å². The molecule has 0 atom stereocenters. The van der Waals surface area contributed by atoms with Crippen molar-refractivity contribution in [2.75, 3.05) is 13.2 Å². The van der Waals surface area contributed by atoms with E-state index in [2.05, 4.69) is 9.71 Å². The third-order valence-electron chi connectivity index (χ3n) is 3.71. The average Bonchev–Trinajstić information content (AvgIpc) is 2.86. The first kappa shape index (κ1) is 14.2. The maximum absolute atomic E-state index is 12.1. The summed E-state index contributed by atoms with van der Waals surface area (Å²) in [5.74, 6) is 0. The Hall–Kier alpha value is -1.18. The highest BCUT2D eigenvalue weighted by atomic mass is 32.2. The van der Waals surface area contributed by atoms with Crippen molar-refractivity contribution in [1.82, 2.24) is 9.71 Å². The van der Waals surface area contributed by atoms with E-state index in [9.17, 15) is 18.3 Å². The number of sulfonamides is 1. The number of aromatic nitrogens is 1. The summed E-state index contributed by atoms with van der Waals surface area (Å²) in [6.07, 6.45) is 6.15. The van der Waals surface area contributed by atoms with Gasteiger partial charge in [0.15, 0.2) is 0 Å². The van der Waals surface area contributed by atoms with Gasteiger partial charge in [0.25, 0.3) is 0 Å². The number of aliphatic hydroxyl groups excluding tert-OH is 1. The Morgan fingerprint density at radius 3 is 2.63 bits per heavy atom. The normalized spacial score (nSPS) is 18.6. The molecule has 1 heterocycles. The van der Waals surface area contributed by atoms with Crippen molar-refractivity contribution in [1.29, 1.82) is 0 Å². The lowest BCUT2D eigenvalue weighted by Gasteiger charge is -2.26. The summed E-state index contributed by atoms with van der Waals surface area (Å²) in [5, 5.41) is 9.44. The van der Waals surface area contributed by atoms with Crippen LogP contribution in [0.3, 0.4) is 0 Å². The van der Waals surface area contributed by atoms with Crippen LogP contribution in [0.1, 0.15) is 25.7 Å². The lowest BCUT2D eigenvalue weighted by atomic mass is 9.88. The van der Waals surface area contributed by atoms with Crippen LogP contribution in [0, 0.1) is 5.41 Å². The minimum Gasteiger partial charge on any atom is -0.396 e. The highest BCUT2D eigenvalue weighted by Gasteiger charge is 2.34. The van der Waals surface area contributed by atoms with Crippen LogP contribution in [0.4, 0.5) is 0 Å². The number of hydrogen-bond donors (Lipinski definition) is 3. The first-order valence-electron chi connectivity index (χ1n) is 6.27. The van der Waals surface area contributed by atoms with E-state index in [1.807, 2.05) is 0 Å². The summed E-state index contributed by atoms with van der Waals surface area (Å²) in [7, 11) is -3.83. The van der Waals surface area contributed by atoms with Gasteiger partial charge in [0, 0.05) is 37.0 Å². The fourth-order valence-corrected chi connectivity index (χ4v) is 3.66. The third kappa shape index (κ3) is 3.05. The number of aliphatic hydroxyl groups is 1. The van der Waals surface area contributed by atoms with E-state index in [4.69, 9.17) is 0 Å². The molecule has 1 aromatic rings. The standard InChI is InChI=1S/C12H18N2O4S/c15-9-12(4-1-2-5-12)8-14-19(17,18)11-7-13-6-3-10(11)16/h3,6-7,14-15H,1-2,4-5,8-9H2,(H,13,16). The molecule has 3 N–H and O–H groups in total. The second kappa shape index (κ2) is 5.44. The minimum atomic E-state index is -3.83. The van der Waals surface area contributed by atoms with Gasteiger partial charge in [0.05, 0.1) is 0 Å². The zero-order valence-electron chi connectivity index (χ0n) is 10.6. The molecule has 0 aliphatic heterocycles. The van der Waals surface area contributed by atoms with Gasteiger partial charge in [-0.3, -0.25) is 4.79 Å². The number of rotatable bonds is 5. The van der Waals surface area contributed by atoms with Crippen molar-refractivity contribution in [3.8, 4) is 0 Å². The molecule has 0 aromatic carbocycles. The molecule has 1 aliphatic rings. The molecule has 0 amide bonds. The molecule has 1 fully saturated rings. The Balaban J connectivity index is 2.15.